The monoisotopic (exact) mass is 1170 g/mol. The van der Waals surface area contributed by atoms with Gasteiger partial charge in [0.15, 0.2) is 0 Å². The van der Waals surface area contributed by atoms with Crippen molar-refractivity contribution in [2.24, 2.45) is 0 Å². The van der Waals surface area contributed by atoms with E-state index in [1.165, 1.54) is 173 Å². The van der Waals surface area contributed by atoms with E-state index in [-0.39, 0.29) is 24.9 Å². The molecule has 0 aromatic rings. The standard InChI is InChI=1S/C72H131N2O7P/c1-7-10-13-16-19-22-25-28-30-32-34-36-37-39-41-43-45-47-50-53-56-59-62-65-72(76)81-70(63-60-57-54-51-48-27-24-21-18-15-12-9-3)69(68-80-82(77,78)79-67-66-74(4,5)6)73-71(75)64-61-58-55-52-49-46-44-42-40-38-35-33-31-29-26-23-20-17-14-11-8-2/h19-20,22-23,28-31,34-36,38,60,63,69-70H,7-18,21,24-27,32-33,37,39-59,61-62,64-68H2,1-6H3,(H-,73,75,77,78)/b22-19-,23-20-,30-28-,31-29-,36-34-,38-35-,63-60+. The van der Waals surface area contributed by atoms with Crippen LogP contribution in [0.4, 0.5) is 0 Å². The molecule has 0 aliphatic carbocycles. The fraction of sp³-hybridized carbons (Fsp3) is 0.778. The Morgan fingerprint density at radius 3 is 1.13 bits per heavy atom. The third kappa shape index (κ3) is 61.7. The van der Waals surface area contributed by atoms with Gasteiger partial charge in [0.1, 0.15) is 19.3 Å². The molecule has 0 bridgehead atoms. The molecule has 0 spiro atoms. The number of esters is 1. The fourth-order valence-electron chi connectivity index (χ4n) is 9.71. The molecule has 0 aromatic heterocycles. The van der Waals surface area contributed by atoms with Gasteiger partial charge in [-0.2, -0.15) is 0 Å². The maximum absolute atomic E-state index is 13.6. The smallest absolute Gasteiger partial charge is 0.306 e. The zero-order valence-electron chi connectivity index (χ0n) is 54.4. The van der Waals surface area contributed by atoms with E-state index in [4.69, 9.17) is 13.8 Å². The highest BCUT2D eigenvalue weighted by atomic mass is 31.2. The van der Waals surface area contributed by atoms with Crippen LogP contribution in [0.25, 0.3) is 0 Å². The highest BCUT2D eigenvalue weighted by Gasteiger charge is 2.27. The Kier molecular flexibility index (Phi) is 59.2. The molecule has 1 N–H and O–H groups in total. The van der Waals surface area contributed by atoms with Crippen molar-refractivity contribution in [3.8, 4) is 0 Å². The fourth-order valence-corrected chi connectivity index (χ4v) is 10.4. The Balaban J connectivity index is 5.15. The van der Waals surface area contributed by atoms with Crippen LogP contribution in [0.15, 0.2) is 85.1 Å². The first kappa shape index (κ1) is 79.2. The third-order valence-electron chi connectivity index (χ3n) is 15.0. The summed E-state index contributed by atoms with van der Waals surface area (Å²) in [5, 5.41) is 3.04. The second kappa shape index (κ2) is 61.3. The van der Waals surface area contributed by atoms with Crippen molar-refractivity contribution in [3.63, 3.8) is 0 Å². The minimum absolute atomic E-state index is 0.0273. The zero-order chi connectivity index (χ0) is 60.0. The number of rotatable bonds is 62. The van der Waals surface area contributed by atoms with Gasteiger partial charge in [0.05, 0.1) is 33.8 Å². The van der Waals surface area contributed by atoms with Crippen molar-refractivity contribution in [2.75, 3.05) is 40.9 Å². The molecule has 0 heterocycles. The van der Waals surface area contributed by atoms with E-state index in [0.29, 0.717) is 17.4 Å². The Morgan fingerprint density at radius 2 is 0.744 bits per heavy atom. The molecule has 9 nitrogen and oxygen atoms in total. The molecule has 0 radical (unpaired) electrons. The van der Waals surface area contributed by atoms with E-state index in [2.05, 4.69) is 99.0 Å². The van der Waals surface area contributed by atoms with Crippen molar-refractivity contribution in [3.05, 3.63) is 85.1 Å². The highest BCUT2D eigenvalue weighted by molar-refractivity contribution is 7.45. The maximum Gasteiger partial charge on any atom is 0.306 e. The maximum atomic E-state index is 13.6. The Labute approximate surface area is 507 Å². The number of carbonyl (C=O) groups is 2. The minimum atomic E-state index is -4.71. The van der Waals surface area contributed by atoms with Gasteiger partial charge in [0, 0.05) is 12.8 Å². The summed E-state index contributed by atoms with van der Waals surface area (Å²) < 4.78 is 30.4. The van der Waals surface area contributed by atoms with Crippen LogP contribution in [-0.2, 0) is 27.9 Å². The molecule has 476 valence electrons. The van der Waals surface area contributed by atoms with Crippen molar-refractivity contribution in [2.45, 2.75) is 322 Å². The number of hydrogen-bond donors (Lipinski definition) is 1. The summed E-state index contributed by atoms with van der Waals surface area (Å²) in [5.74, 6) is -0.549. The van der Waals surface area contributed by atoms with Crippen molar-refractivity contribution in [1.82, 2.24) is 5.32 Å². The van der Waals surface area contributed by atoms with Gasteiger partial charge >= 0.3 is 5.97 Å². The van der Waals surface area contributed by atoms with E-state index in [0.717, 1.165) is 103 Å². The van der Waals surface area contributed by atoms with E-state index in [1.807, 2.05) is 33.3 Å². The lowest BCUT2D eigenvalue weighted by molar-refractivity contribution is -0.870. The number of allylic oxidation sites excluding steroid dienone is 13. The van der Waals surface area contributed by atoms with Crippen molar-refractivity contribution >= 4 is 19.7 Å². The molecule has 0 rings (SSSR count). The molecular weight excluding hydrogens is 1040 g/mol. The molecular formula is C72H131N2O7P. The highest BCUT2D eigenvalue weighted by Crippen LogP contribution is 2.38. The second-order valence-corrected chi connectivity index (χ2v) is 25.7. The minimum Gasteiger partial charge on any atom is -0.756 e. The number of nitrogens with one attached hydrogen (secondary N) is 1. The molecule has 0 saturated heterocycles. The van der Waals surface area contributed by atoms with Gasteiger partial charge in [-0.15, -0.1) is 0 Å². The molecule has 3 unspecified atom stereocenters. The first-order valence-electron chi connectivity index (χ1n) is 34.4. The van der Waals surface area contributed by atoms with E-state index in [1.54, 1.807) is 0 Å². The summed E-state index contributed by atoms with van der Waals surface area (Å²) in [6.07, 6.45) is 81.2. The number of amides is 1. The van der Waals surface area contributed by atoms with Crippen LogP contribution in [0.1, 0.15) is 310 Å². The van der Waals surface area contributed by atoms with E-state index >= 15 is 0 Å². The number of ether oxygens (including phenoxy) is 1. The molecule has 82 heavy (non-hydrogen) atoms. The van der Waals surface area contributed by atoms with Crippen LogP contribution in [0.2, 0.25) is 0 Å². The molecule has 0 aromatic carbocycles. The summed E-state index contributed by atoms with van der Waals surface area (Å²) in [5.41, 5.74) is 0. The van der Waals surface area contributed by atoms with Crippen LogP contribution < -0.4 is 10.2 Å². The molecule has 0 fully saturated rings. The van der Waals surface area contributed by atoms with Crippen molar-refractivity contribution < 1.29 is 37.3 Å². The number of unbranched alkanes of at least 4 members (excludes halogenated alkanes) is 34. The van der Waals surface area contributed by atoms with Crippen LogP contribution in [-0.4, -0.2) is 69.4 Å². The van der Waals surface area contributed by atoms with Crippen LogP contribution in [0.5, 0.6) is 0 Å². The van der Waals surface area contributed by atoms with Crippen molar-refractivity contribution in [1.29, 1.82) is 0 Å². The van der Waals surface area contributed by atoms with Gasteiger partial charge in [0.2, 0.25) is 5.91 Å². The molecule has 3 atom stereocenters. The topological polar surface area (TPSA) is 114 Å². The van der Waals surface area contributed by atoms with Gasteiger partial charge in [-0.05, 0) is 109 Å². The Morgan fingerprint density at radius 1 is 0.427 bits per heavy atom. The number of nitrogens with zero attached hydrogens (tertiary/aromatic N) is 1. The number of phosphoric ester groups is 1. The summed E-state index contributed by atoms with van der Waals surface area (Å²) in [7, 11) is 1.17. The summed E-state index contributed by atoms with van der Waals surface area (Å²) in [6, 6.07) is -0.898. The normalized spacial score (nSPS) is 14.1. The first-order chi connectivity index (χ1) is 39.9. The predicted octanol–water partition coefficient (Wildman–Crippen LogP) is 21.1. The quantitative estimate of drug-likeness (QED) is 0.0212. The number of likely N-dealkylation sites (N-methyl/N-ethyl adjacent to an activating group) is 1. The van der Waals surface area contributed by atoms with E-state index in [9.17, 15) is 19.0 Å². The third-order valence-corrected chi connectivity index (χ3v) is 16.0. The summed E-state index contributed by atoms with van der Waals surface area (Å²) in [4.78, 5) is 40.1. The molecule has 0 aliphatic heterocycles. The lowest BCUT2D eigenvalue weighted by Gasteiger charge is -2.30. The first-order valence-corrected chi connectivity index (χ1v) is 35.9. The van der Waals surface area contributed by atoms with Gasteiger partial charge in [-0.3, -0.25) is 14.2 Å². The molecule has 0 aliphatic rings. The SMILES string of the molecule is CCCCC/C=C\C/C=C\C/C=C\CCCCCCCCCCCCC(=O)OC(/C=C/CCCCCCCCCCCC)C(COP(=O)([O-])OCC[N+](C)(C)C)NC(=O)CCCCCCCCCC/C=C\C/C=C\C/C=C\CCCCC. The number of hydrogen-bond acceptors (Lipinski definition) is 7. The largest absolute Gasteiger partial charge is 0.756 e. The van der Waals surface area contributed by atoms with Crippen LogP contribution in [0.3, 0.4) is 0 Å². The lowest BCUT2D eigenvalue weighted by atomic mass is 10.0. The Bertz CT molecular complexity index is 1680. The van der Waals surface area contributed by atoms with Gasteiger partial charge in [-0.25, -0.2) is 0 Å². The Hall–Kier alpha value is -2.81. The van der Waals surface area contributed by atoms with Gasteiger partial charge in [0.25, 0.3) is 7.82 Å². The summed E-state index contributed by atoms with van der Waals surface area (Å²) >= 11 is 0. The number of phosphoric acid groups is 1. The zero-order valence-corrected chi connectivity index (χ0v) is 55.3. The van der Waals surface area contributed by atoms with Gasteiger partial charge < -0.3 is 28.5 Å². The van der Waals surface area contributed by atoms with E-state index < -0.39 is 26.6 Å². The second-order valence-electron chi connectivity index (χ2n) is 24.3. The average molecular weight is 1170 g/mol. The predicted molar refractivity (Wildman–Crippen MR) is 353 cm³/mol. The van der Waals surface area contributed by atoms with Gasteiger partial charge in [-0.1, -0.05) is 273 Å². The summed E-state index contributed by atoms with van der Waals surface area (Å²) in [6.45, 7) is 6.80. The van der Waals surface area contributed by atoms with Crippen LogP contribution in [0, 0.1) is 0 Å². The molecule has 10 heteroatoms. The molecule has 1 amide bonds. The molecule has 0 saturated carbocycles. The van der Waals surface area contributed by atoms with Crippen LogP contribution >= 0.6 is 7.82 Å². The average Bonchev–Trinajstić information content (AvgIpc) is 3.44. The number of quaternary nitrogens is 1. The lowest BCUT2D eigenvalue weighted by Crippen LogP contribution is -2.47. The number of carbonyl (C=O) groups excluding carboxylic acids is 2.